The van der Waals surface area contributed by atoms with Crippen LogP contribution in [0.1, 0.15) is 35.3 Å². The number of aryl methyl sites for hydroxylation is 1. The second kappa shape index (κ2) is 10.4. The summed E-state index contributed by atoms with van der Waals surface area (Å²) >= 11 is 0. The van der Waals surface area contributed by atoms with Crippen LogP contribution in [-0.2, 0) is 0 Å². The molecule has 1 aliphatic rings. The molecular weight excluding hydrogens is 500 g/mol. The molecule has 3 heterocycles. The Hall–Kier alpha value is -4.27. The predicted molar refractivity (Wildman–Crippen MR) is 160 cm³/mol. The summed E-state index contributed by atoms with van der Waals surface area (Å²) in [7, 11) is 2.07. The fourth-order valence-electron chi connectivity index (χ4n) is 5.75. The Morgan fingerprint density at radius 3 is 2.67 bits per heavy atom. The lowest BCUT2D eigenvalue weighted by atomic mass is 9.88. The van der Waals surface area contributed by atoms with E-state index in [0.717, 1.165) is 70.2 Å². The Morgan fingerprint density at radius 1 is 1.07 bits per heavy atom. The number of hydrogen-bond acceptors (Lipinski definition) is 6. The predicted octanol–water partition coefficient (Wildman–Crippen LogP) is 4.91. The van der Waals surface area contributed by atoms with Gasteiger partial charge in [0.25, 0.3) is 5.91 Å². The highest BCUT2D eigenvalue weighted by atomic mass is 16.3. The van der Waals surface area contributed by atoms with Crippen molar-refractivity contribution in [3.8, 4) is 16.8 Å². The van der Waals surface area contributed by atoms with Gasteiger partial charge in [0.15, 0.2) is 0 Å². The summed E-state index contributed by atoms with van der Waals surface area (Å²) in [5.41, 5.74) is 11.8. The van der Waals surface area contributed by atoms with Gasteiger partial charge in [0, 0.05) is 47.9 Å². The quantitative estimate of drug-likeness (QED) is 0.274. The number of para-hydroxylation sites is 1. The van der Waals surface area contributed by atoms with E-state index in [9.17, 15) is 9.90 Å². The minimum absolute atomic E-state index is 0.412. The van der Waals surface area contributed by atoms with Gasteiger partial charge in [0.05, 0.1) is 33.6 Å². The standard InChI is InChI=1S/C32H34N6O2/c1-21-30-25(23-18-22-6-3-4-8-27(22)35-20-23)7-5-9-29(30)38(36-21)24-10-11-26(31(33)39)28(19-24)34-15-12-32(40)13-16-37(2)17-14-32/h3-11,18-20,34,40H,12-17H2,1-2H3,(H2,33,39). The maximum Gasteiger partial charge on any atom is 0.250 e. The number of amides is 1. The van der Waals surface area contributed by atoms with Crippen LogP contribution in [0.2, 0.25) is 0 Å². The van der Waals surface area contributed by atoms with Gasteiger partial charge in [-0.25, -0.2) is 4.68 Å². The number of anilines is 1. The fourth-order valence-corrected chi connectivity index (χ4v) is 5.75. The molecule has 4 N–H and O–H groups in total. The Bertz CT molecular complexity index is 1720. The van der Waals surface area contributed by atoms with Gasteiger partial charge in [0.2, 0.25) is 0 Å². The molecule has 0 spiro atoms. The minimum Gasteiger partial charge on any atom is -0.390 e. The second-order valence-electron chi connectivity index (χ2n) is 10.9. The van der Waals surface area contributed by atoms with Crippen molar-refractivity contribution in [1.82, 2.24) is 19.7 Å². The van der Waals surface area contributed by atoms with Gasteiger partial charge in [-0.3, -0.25) is 9.78 Å². The summed E-state index contributed by atoms with van der Waals surface area (Å²) in [5, 5.41) is 21.4. The van der Waals surface area contributed by atoms with Crippen LogP contribution in [-0.4, -0.2) is 63.0 Å². The molecule has 1 aliphatic heterocycles. The molecule has 1 amide bonds. The van der Waals surface area contributed by atoms with Gasteiger partial charge in [-0.1, -0.05) is 30.3 Å². The third kappa shape index (κ3) is 4.92. The van der Waals surface area contributed by atoms with E-state index in [0.29, 0.717) is 24.2 Å². The number of fused-ring (bicyclic) bond motifs is 2. The highest BCUT2D eigenvalue weighted by molar-refractivity contribution is 6.00. The number of piperidine rings is 1. The molecule has 8 nitrogen and oxygen atoms in total. The number of nitrogens with two attached hydrogens (primary N) is 1. The Kier molecular flexibility index (Phi) is 6.73. The van der Waals surface area contributed by atoms with Crippen LogP contribution in [0, 0.1) is 6.92 Å². The number of hydrogen-bond donors (Lipinski definition) is 3. The van der Waals surface area contributed by atoms with E-state index in [1.165, 1.54) is 0 Å². The molecule has 0 saturated carbocycles. The number of nitrogens with zero attached hydrogens (tertiary/aromatic N) is 4. The van der Waals surface area contributed by atoms with E-state index in [4.69, 9.17) is 10.8 Å². The lowest BCUT2D eigenvalue weighted by Crippen LogP contribution is -2.43. The summed E-state index contributed by atoms with van der Waals surface area (Å²) in [4.78, 5) is 19.1. The van der Waals surface area contributed by atoms with Crippen LogP contribution in [0.3, 0.4) is 0 Å². The van der Waals surface area contributed by atoms with Gasteiger partial charge in [-0.15, -0.1) is 0 Å². The molecule has 6 rings (SSSR count). The van der Waals surface area contributed by atoms with Crippen molar-refractivity contribution in [1.29, 1.82) is 0 Å². The maximum absolute atomic E-state index is 12.2. The zero-order valence-corrected chi connectivity index (χ0v) is 22.9. The number of carbonyl (C=O) groups excluding carboxylic acids is 1. The van der Waals surface area contributed by atoms with Crippen molar-refractivity contribution in [2.75, 3.05) is 32.0 Å². The average Bonchev–Trinajstić information content (AvgIpc) is 3.31. The molecule has 0 unspecified atom stereocenters. The zero-order chi connectivity index (χ0) is 27.9. The molecule has 8 heteroatoms. The first kappa shape index (κ1) is 26.0. The van der Waals surface area contributed by atoms with Crippen molar-refractivity contribution in [3.05, 3.63) is 84.2 Å². The van der Waals surface area contributed by atoms with Gasteiger partial charge in [-0.05, 0) is 75.2 Å². The second-order valence-corrected chi connectivity index (χ2v) is 10.9. The van der Waals surface area contributed by atoms with Crippen LogP contribution >= 0.6 is 0 Å². The first-order valence-electron chi connectivity index (χ1n) is 13.7. The van der Waals surface area contributed by atoms with Gasteiger partial charge in [0.1, 0.15) is 0 Å². The number of rotatable bonds is 7. The molecule has 0 bridgehead atoms. The van der Waals surface area contributed by atoms with Crippen LogP contribution in [0.15, 0.2) is 72.9 Å². The monoisotopic (exact) mass is 534 g/mol. The lowest BCUT2D eigenvalue weighted by molar-refractivity contribution is -0.0194. The summed E-state index contributed by atoms with van der Waals surface area (Å²) in [6.07, 6.45) is 3.98. The fraction of sp³-hybridized carbons (Fsp3) is 0.281. The van der Waals surface area contributed by atoms with E-state index in [1.807, 2.05) is 54.2 Å². The normalized spacial score (nSPS) is 15.5. The first-order chi connectivity index (χ1) is 19.3. The largest absolute Gasteiger partial charge is 0.390 e. The van der Waals surface area contributed by atoms with Crippen molar-refractivity contribution >= 4 is 33.4 Å². The summed E-state index contributed by atoms with van der Waals surface area (Å²) in [5.74, 6) is -0.500. The average molecular weight is 535 g/mol. The SMILES string of the molecule is Cc1nn(-c2ccc(C(N)=O)c(NCCC3(O)CCN(C)CC3)c2)c2cccc(-c3cnc4ccccc4c3)c12. The Balaban J connectivity index is 1.34. The molecule has 2 aromatic heterocycles. The summed E-state index contributed by atoms with van der Waals surface area (Å²) in [6.45, 7) is 4.29. The number of benzene rings is 3. The number of nitrogens with one attached hydrogen (secondary N) is 1. The van der Waals surface area contributed by atoms with E-state index in [-0.39, 0.29) is 0 Å². The summed E-state index contributed by atoms with van der Waals surface area (Å²) in [6, 6.07) is 22.0. The highest BCUT2D eigenvalue weighted by Gasteiger charge is 2.30. The lowest BCUT2D eigenvalue weighted by Gasteiger charge is -2.36. The molecule has 204 valence electrons. The van der Waals surface area contributed by atoms with Crippen molar-refractivity contribution in [3.63, 3.8) is 0 Å². The molecule has 0 aliphatic carbocycles. The molecular formula is C32H34N6O2. The first-order valence-corrected chi connectivity index (χ1v) is 13.7. The van der Waals surface area contributed by atoms with Crippen LogP contribution in [0.5, 0.6) is 0 Å². The highest BCUT2D eigenvalue weighted by Crippen LogP contribution is 2.34. The van der Waals surface area contributed by atoms with Crippen molar-refractivity contribution < 1.29 is 9.90 Å². The molecule has 1 saturated heterocycles. The van der Waals surface area contributed by atoms with Crippen molar-refractivity contribution in [2.24, 2.45) is 5.73 Å². The van der Waals surface area contributed by atoms with E-state index >= 15 is 0 Å². The zero-order valence-electron chi connectivity index (χ0n) is 22.9. The molecule has 0 atom stereocenters. The third-order valence-electron chi connectivity index (χ3n) is 8.12. The number of aliphatic hydroxyl groups is 1. The van der Waals surface area contributed by atoms with Crippen LogP contribution < -0.4 is 11.1 Å². The topological polar surface area (TPSA) is 109 Å². The summed E-state index contributed by atoms with van der Waals surface area (Å²) < 4.78 is 1.91. The minimum atomic E-state index is -0.701. The van der Waals surface area contributed by atoms with E-state index in [2.05, 4.69) is 46.5 Å². The van der Waals surface area contributed by atoms with Gasteiger partial charge < -0.3 is 21.1 Å². The Labute approximate surface area is 233 Å². The molecule has 40 heavy (non-hydrogen) atoms. The molecule has 3 aromatic carbocycles. The van der Waals surface area contributed by atoms with Gasteiger partial charge in [-0.2, -0.15) is 5.10 Å². The maximum atomic E-state index is 12.2. The smallest absolute Gasteiger partial charge is 0.250 e. The number of primary amides is 1. The Morgan fingerprint density at radius 2 is 1.88 bits per heavy atom. The van der Waals surface area contributed by atoms with E-state index in [1.54, 1.807) is 6.07 Å². The van der Waals surface area contributed by atoms with Crippen LogP contribution in [0.4, 0.5) is 5.69 Å². The van der Waals surface area contributed by atoms with E-state index < -0.39 is 11.5 Å². The third-order valence-corrected chi connectivity index (χ3v) is 8.12. The molecule has 5 aromatic rings. The number of aromatic nitrogens is 3. The number of carbonyl (C=O) groups is 1. The molecule has 1 fully saturated rings. The van der Waals surface area contributed by atoms with Crippen LogP contribution in [0.25, 0.3) is 38.6 Å². The number of likely N-dealkylation sites (tertiary alicyclic amines) is 1. The number of pyridine rings is 1. The van der Waals surface area contributed by atoms with Gasteiger partial charge >= 0.3 is 0 Å². The van der Waals surface area contributed by atoms with Crippen molar-refractivity contribution in [2.45, 2.75) is 31.8 Å². The molecule has 0 radical (unpaired) electrons.